The molecule has 0 aliphatic carbocycles. The Bertz CT molecular complexity index is 1820. The summed E-state index contributed by atoms with van der Waals surface area (Å²) in [5, 5.41) is 3.71. The molecule has 3 aromatic heterocycles. The maximum absolute atomic E-state index is 6.30. The molecule has 192 valence electrons. The Balaban J connectivity index is 1.59. The van der Waals surface area contributed by atoms with Gasteiger partial charge in [-0.2, -0.15) is 0 Å². The van der Waals surface area contributed by atoms with Gasteiger partial charge in [-0.05, 0) is 83.3 Å². The van der Waals surface area contributed by atoms with E-state index in [9.17, 15) is 0 Å². The number of rotatable bonds is 4. The summed E-state index contributed by atoms with van der Waals surface area (Å²) < 4.78 is 12.3. The molecule has 0 amide bonds. The molecular formula is C35H35NO2. The Morgan fingerprint density at radius 1 is 0.868 bits per heavy atom. The smallest absolute Gasteiger partial charge is 0.160 e. The summed E-state index contributed by atoms with van der Waals surface area (Å²) in [6, 6.07) is 21.9. The minimum atomic E-state index is 0.00269. The monoisotopic (exact) mass is 501 g/mol. The average Bonchev–Trinajstić information content (AvgIpc) is 3.41. The minimum Gasteiger partial charge on any atom is -0.464 e. The van der Waals surface area contributed by atoms with E-state index in [4.69, 9.17) is 13.8 Å². The van der Waals surface area contributed by atoms with Gasteiger partial charge in [0.05, 0.1) is 12.0 Å². The number of hydrogen-bond acceptors (Lipinski definition) is 3. The zero-order valence-electron chi connectivity index (χ0n) is 23.4. The molecule has 0 radical (unpaired) electrons. The predicted molar refractivity (Wildman–Crippen MR) is 159 cm³/mol. The quantitative estimate of drug-likeness (QED) is 0.241. The van der Waals surface area contributed by atoms with E-state index in [1.807, 2.05) is 13.2 Å². The van der Waals surface area contributed by atoms with Crippen LogP contribution in [0.2, 0.25) is 0 Å². The van der Waals surface area contributed by atoms with Gasteiger partial charge in [0, 0.05) is 22.1 Å². The van der Waals surface area contributed by atoms with Gasteiger partial charge < -0.3 is 8.83 Å². The molecule has 3 heterocycles. The van der Waals surface area contributed by atoms with Crippen LogP contribution in [0.1, 0.15) is 57.1 Å². The lowest BCUT2D eigenvalue weighted by Crippen LogP contribution is -2.12. The van der Waals surface area contributed by atoms with Crippen molar-refractivity contribution in [1.82, 2.24) is 4.98 Å². The van der Waals surface area contributed by atoms with Crippen LogP contribution in [-0.2, 0) is 11.8 Å². The van der Waals surface area contributed by atoms with Crippen molar-refractivity contribution >= 4 is 32.8 Å². The SMILES string of the molecule is Cc1oc2c(-c3ccc4c(CC(C)C)coc4c3)cc(-c3cc(C(C)(C)C)c4ccccc4c3)nc2c1C. The average molecular weight is 502 g/mol. The van der Waals surface area contributed by atoms with Crippen molar-refractivity contribution in [1.29, 1.82) is 0 Å². The van der Waals surface area contributed by atoms with Crippen LogP contribution < -0.4 is 0 Å². The van der Waals surface area contributed by atoms with E-state index in [2.05, 4.69) is 102 Å². The summed E-state index contributed by atoms with van der Waals surface area (Å²) in [7, 11) is 0. The van der Waals surface area contributed by atoms with Gasteiger partial charge in [-0.1, -0.05) is 71.0 Å². The fraction of sp³-hybridized carbons (Fsp3) is 0.286. The number of benzene rings is 3. The van der Waals surface area contributed by atoms with Gasteiger partial charge >= 0.3 is 0 Å². The highest BCUT2D eigenvalue weighted by molar-refractivity contribution is 5.98. The normalized spacial score (nSPS) is 12.4. The Kier molecular flexibility index (Phi) is 5.72. The van der Waals surface area contributed by atoms with Crippen molar-refractivity contribution in [2.45, 2.75) is 60.3 Å². The summed E-state index contributed by atoms with van der Waals surface area (Å²) in [6.07, 6.45) is 2.91. The summed E-state index contributed by atoms with van der Waals surface area (Å²) in [5.74, 6) is 1.48. The summed E-state index contributed by atoms with van der Waals surface area (Å²) in [4.78, 5) is 5.16. The molecule has 0 aliphatic rings. The van der Waals surface area contributed by atoms with Crippen LogP contribution in [0, 0.1) is 19.8 Å². The minimum absolute atomic E-state index is 0.00269. The van der Waals surface area contributed by atoms with Crippen LogP contribution in [0.25, 0.3) is 55.2 Å². The van der Waals surface area contributed by atoms with Crippen LogP contribution in [0.3, 0.4) is 0 Å². The molecule has 38 heavy (non-hydrogen) atoms. The zero-order valence-corrected chi connectivity index (χ0v) is 23.4. The van der Waals surface area contributed by atoms with Crippen LogP contribution in [0.15, 0.2) is 75.8 Å². The number of furan rings is 2. The number of hydrogen-bond donors (Lipinski definition) is 0. The lowest BCUT2D eigenvalue weighted by atomic mass is 9.82. The highest BCUT2D eigenvalue weighted by Gasteiger charge is 2.21. The van der Waals surface area contributed by atoms with E-state index in [1.54, 1.807) is 0 Å². The van der Waals surface area contributed by atoms with E-state index in [0.717, 1.165) is 56.8 Å². The van der Waals surface area contributed by atoms with Gasteiger partial charge in [-0.15, -0.1) is 0 Å². The third kappa shape index (κ3) is 4.11. The van der Waals surface area contributed by atoms with Crippen molar-refractivity contribution in [2.75, 3.05) is 0 Å². The maximum Gasteiger partial charge on any atom is 0.160 e. The second-order valence-electron chi connectivity index (χ2n) is 12.1. The van der Waals surface area contributed by atoms with Crippen molar-refractivity contribution in [3.8, 4) is 22.4 Å². The van der Waals surface area contributed by atoms with Crippen molar-refractivity contribution in [3.63, 3.8) is 0 Å². The van der Waals surface area contributed by atoms with Crippen molar-refractivity contribution in [3.05, 3.63) is 89.4 Å². The number of pyridine rings is 1. The van der Waals surface area contributed by atoms with E-state index in [0.29, 0.717) is 5.92 Å². The van der Waals surface area contributed by atoms with Gasteiger partial charge in [-0.3, -0.25) is 0 Å². The standard InChI is InChI=1S/C35H35NO2/c1-20(2)14-26-19-37-32-17-24(12-13-28(26)32)29-18-31(36-33-21(3)22(4)38-34(29)33)25-15-23-10-8-9-11-27(23)30(16-25)35(5,6)7/h8-13,15-20H,14H2,1-7H3. The summed E-state index contributed by atoms with van der Waals surface area (Å²) in [6.45, 7) is 15.4. The third-order valence-corrected chi connectivity index (χ3v) is 7.67. The molecule has 0 fully saturated rings. The first-order valence-electron chi connectivity index (χ1n) is 13.5. The van der Waals surface area contributed by atoms with E-state index >= 15 is 0 Å². The molecular weight excluding hydrogens is 466 g/mol. The van der Waals surface area contributed by atoms with Crippen LogP contribution in [0.5, 0.6) is 0 Å². The second-order valence-corrected chi connectivity index (χ2v) is 12.1. The second kappa shape index (κ2) is 8.87. The lowest BCUT2D eigenvalue weighted by Gasteiger charge is -2.23. The highest BCUT2D eigenvalue weighted by Crippen LogP contribution is 2.40. The van der Waals surface area contributed by atoms with Gasteiger partial charge in [0.2, 0.25) is 0 Å². The topological polar surface area (TPSA) is 39.2 Å². The largest absolute Gasteiger partial charge is 0.464 e. The van der Waals surface area contributed by atoms with Crippen molar-refractivity contribution < 1.29 is 8.83 Å². The van der Waals surface area contributed by atoms with Crippen LogP contribution >= 0.6 is 0 Å². The summed E-state index contributed by atoms with van der Waals surface area (Å²) >= 11 is 0. The lowest BCUT2D eigenvalue weighted by molar-refractivity contribution is 0.575. The zero-order chi connectivity index (χ0) is 26.8. The fourth-order valence-corrected chi connectivity index (χ4v) is 5.58. The van der Waals surface area contributed by atoms with E-state index in [1.165, 1.54) is 27.3 Å². The maximum atomic E-state index is 6.30. The molecule has 6 aromatic rings. The Labute approximate surface area is 224 Å². The molecule has 0 saturated heterocycles. The highest BCUT2D eigenvalue weighted by atomic mass is 16.3. The van der Waals surface area contributed by atoms with E-state index in [-0.39, 0.29) is 5.41 Å². The molecule has 0 unspecified atom stereocenters. The molecule has 6 rings (SSSR count). The first kappa shape index (κ1) is 24.5. The van der Waals surface area contributed by atoms with Gasteiger partial charge in [0.15, 0.2) is 5.58 Å². The Hall–Kier alpha value is -3.85. The fourth-order valence-electron chi connectivity index (χ4n) is 5.58. The molecule has 3 nitrogen and oxygen atoms in total. The van der Waals surface area contributed by atoms with Crippen LogP contribution in [-0.4, -0.2) is 4.98 Å². The Morgan fingerprint density at radius 3 is 2.42 bits per heavy atom. The van der Waals surface area contributed by atoms with Crippen molar-refractivity contribution in [2.24, 2.45) is 5.92 Å². The van der Waals surface area contributed by atoms with E-state index < -0.39 is 0 Å². The first-order chi connectivity index (χ1) is 18.1. The molecule has 3 aromatic carbocycles. The number of aryl methyl sites for hydroxylation is 2. The number of aromatic nitrogens is 1. The third-order valence-electron chi connectivity index (χ3n) is 7.67. The molecule has 0 bridgehead atoms. The molecule has 0 atom stereocenters. The summed E-state index contributed by atoms with van der Waals surface area (Å²) in [5.41, 5.74) is 10.5. The van der Waals surface area contributed by atoms with Gasteiger partial charge in [0.1, 0.15) is 16.9 Å². The van der Waals surface area contributed by atoms with Crippen LogP contribution in [0.4, 0.5) is 0 Å². The predicted octanol–water partition coefficient (Wildman–Crippen LogP) is 10.2. The number of fused-ring (bicyclic) bond motifs is 3. The molecule has 0 spiro atoms. The number of nitrogens with zero attached hydrogens (tertiary/aromatic N) is 1. The first-order valence-corrected chi connectivity index (χ1v) is 13.5. The molecule has 0 saturated carbocycles. The van der Waals surface area contributed by atoms with Gasteiger partial charge in [0.25, 0.3) is 0 Å². The Morgan fingerprint density at radius 2 is 1.66 bits per heavy atom. The molecule has 3 heteroatoms. The molecule has 0 aliphatic heterocycles. The van der Waals surface area contributed by atoms with Gasteiger partial charge in [-0.25, -0.2) is 4.98 Å². The molecule has 0 N–H and O–H groups in total.